The van der Waals surface area contributed by atoms with Gasteiger partial charge >= 0.3 is 0 Å². The fourth-order valence-electron chi connectivity index (χ4n) is 2.00. The van der Waals surface area contributed by atoms with Gasteiger partial charge in [0.15, 0.2) is 6.29 Å². The van der Waals surface area contributed by atoms with Gasteiger partial charge in [-0.3, -0.25) is 0 Å². The van der Waals surface area contributed by atoms with Crippen molar-refractivity contribution in [1.82, 2.24) is 0 Å². The van der Waals surface area contributed by atoms with E-state index in [4.69, 9.17) is 9.47 Å². The molecule has 1 fully saturated rings. The van der Waals surface area contributed by atoms with Crippen LogP contribution in [-0.4, -0.2) is 46.7 Å². The van der Waals surface area contributed by atoms with E-state index < -0.39 is 18.5 Å². The van der Waals surface area contributed by atoms with Crippen LogP contribution in [0.1, 0.15) is 46.5 Å². The van der Waals surface area contributed by atoms with Crippen LogP contribution in [0.25, 0.3) is 0 Å². The lowest BCUT2D eigenvalue weighted by Crippen LogP contribution is -2.48. The van der Waals surface area contributed by atoms with Crippen molar-refractivity contribution in [3.8, 4) is 0 Å². The van der Waals surface area contributed by atoms with E-state index in [1.807, 2.05) is 6.92 Å². The molecule has 4 unspecified atom stereocenters. The molecule has 0 radical (unpaired) electrons. The second kappa shape index (κ2) is 7.19. The summed E-state index contributed by atoms with van der Waals surface area (Å²) in [6.45, 7) is 5.22. The van der Waals surface area contributed by atoms with Crippen molar-refractivity contribution in [2.75, 3.05) is 0 Å². The Hall–Kier alpha value is -0.490. The molecule has 18 heavy (non-hydrogen) atoms. The molecule has 0 bridgehead atoms. The first-order chi connectivity index (χ1) is 8.40. The standard InChI is InChI=1S/C13H24O5/c1-8(14)5-4-6-9(2)17-13-12(16)7-11(15)10(3)18-13/h9-13,15-16H,4-7H2,1-3H3/t9?,10?,11?,12-,13?/m0/s1. The molecule has 5 nitrogen and oxygen atoms in total. The summed E-state index contributed by atoms with van der Waals surface area (Å²) in [6, 6.07) is 0. The van der Waals surface area contributed by atoms with E-state index in [9.17, 15) is 15.0 Å². The molecule has 5 heteroatoms. The van der Waals surface area contributed by atoms with Gasteiger partial charge in [-0.25, -0.2) is 0 Å². The van der Waals surface area contributed by atoms with Crippen LogP contribution in [-0.2, 0) is 14.3 Å². The van der Waals surface area contributed by atoms with Gasteiger partial charge < -0.3 is 24.5 Å². The average molecular weight is 260 g/mol. The van der Waals surface area contributed by atoms with Gasteiger partial charge in [-0.2, -0.15) is 0 Å². The number of ether oxygens (including phenoxy) is 2. The molecule has 1 aliphatic rings. The first-order valence-corrected chi connectivity index (χ1v) is 6.56. The maximum Gasteiger partial charge on any atom is 0.184 e. The Labute approximate surface area is 108 Å². The van der Waals surface area contributed by atoms with Gasteiger partial charge in [0.1, 0.15) is 11.9 Å². The smallest absolute Gasteiger partial charge is 0.184 e. The predicted octanol–water partition coefficient (Wildman–Crippen LogP) is 1.01. The van der Waals surface area contributed by atoms with E-state index in [0.29, 0.717) is 6.42 Å². The Kier molecular flexibility index (Phi) is 6.21. The number of carbonyl (C=O) groups is 1. The van der Waals surface area contributed by atoms with E-state index in [-0.39, 0.29) is 24.4 Å². The molecule has 0 aromatic rings. The highest BCUT2D eigenvalue weighted by molar-refractivity contribution is 5.75. The van der Waals surface area contributed by atoms with E-state index >= 15 is 0 Å². The minimum atomic E-state index is -0.800. The minimum absolute atomic E-state index is 0.0774. The third-order valence-electron chi connectivity index (χ3n) is 3.19. The lowest BCUT2D eigenvalue weighted by atomic mass is 10.0. The summed E-state index contributed by atoms with van der Waals surface area (Å²) < 4.78 is 11.0. The van der Waals surface area contributed by atoms with E-state index in [1.54, 1.807) is 13.8 Å². The highest BCUT2D eigenvalue weighted by atomic mass is 16.7. The third kappa shape index (κ3) is 5.02. The molecule has 1 rings (SSSR count). The van der Waals surface area contributed by atoms with E-state index in [2.05, 4.69) is 0 Å². The van der Waals surface area contributed by atoms with Crippen LogP contribution < -0.4 is 0 Å². The fraction of sp³-hybridized carbons (Fsp3) is 0.923. The highest BCUT2D eigenvalue weighted by Crippen LogP contribution is 2.22. The summed E-state index contributed by atoms with van der Waals surface area (Å²) in [5, 5.41) is 19.3. The average Bonchev–Trinajstić information content (AvgIpc) is 2.25. The predicted molar refractivity (Wildman–Crippen MR) is 66.0 cm³/mol. The molecule has 0 aromatic heterocycles. The van der Waals surface area contributed by atoms with Crippen molar-refractivity contribution in [3.05, 3.63) is 0 Å². The van der Waals surface area contributed by atoms with Crippen LogP contribution in [0.4, 0.5) is 0 Å². The van der Waals surface area contributed by atoms with Gasteiger partial charge in [0.25, 0.3) is 0 Å². The first-order valence-electron chi connectivity index (χ1n) is 6.56. The molecule has 0 saturated carbocycles. The molecule has 2 N–H and O–H groups in total. The SMILES string of the molecule is CC(=O)CCCC(C)OC1OC(C)C(O)C[C@@H]1O. The second-order valence-electron chi connectivity index (χ2n) is 5.12. The van der Waals surface area contributed by atoms with E-state index in [0.717, 1.165) is 12.8 Å². The van der Waals surface area contributed by atoms with Gasteiger partial charge in [0.2, 0.25) is 0 Å². The number of aliphatic hydroxyl groups excluding tert-OH is 2. The quantitative estimate of drug-likeness (QED) is 0.745. The van der Waals surface area contributed by atoms with Crippen LogP contribution in [0, 0.1) is 0 Å². The monoisotopic (exact) mass is 260 g/mol. The molecule has 5 atom stereocenters. The number of rotatable bonds is 6. The van der Waals surface area contributed by atoms with Crippen LogP contribution in [0.5, 0.6) is 0 Å². The minimum Gasteiger partial charge on any atom is -0.390 e. The Morgan fingerprint density at radius 3 is 2.72 bits per heavy atom. The summed E-state index contributed by atoms with van der Waals surface area (Å²) >= 11 is 0. The number of hydrogen-bond donors (Lipinski definition) is 2. The third-order valence-corrected chi connectivity index (χ3v) is 3.19. The van der Waals surface area contributed by atoms with Crippen LogP contribution >= 0.6 is 0 Å². The molecule has 1 aliphatic heterocycles. The number of Topliss-reactive ketones (excluding diaryl/α,β-unsaturated/α-hetero) is 1. The van der Waals surface area contributed by atoms with Crippen molar-refractivity contribution in [1.29, 1.82) is 0 Å². The van der Waals surface area contributed by atoms with E-state index in [1.165, 1.54) is 0 Å². The number of carbonyl (C=O) groups excluding carboxylic acids is 1. The van der Waals surface area contributed by atoms with Crippen LogP contribution in [0.15, 0.2) is 0 Å². The Bertz CT molecular complexity index is 268. The summed E-state index contributed by atoms with van der Waals surface area (Å²) in [5.41, 5.74) is 0. The topological polar surface area (TPSA) is 76.0 Å². The first kappa shape index (κ1) is 15.6. The van der Waals surface area contributed by atoms with Gasteiger partial charge in [0, 0.05) is 12.8 Å². The molecule has 0 aliphatic carbocycles. The van der Waals surface area contributed by atoms with Gasteiger partial charge in [-0.05, 0) is 33.6 Å². The van der Waals surface area contributed by atoms with Crippen molar-refractivity contribution >= 4 is 5.78 Å². The molecule has 0 aromatic carbocycles. The molecule has 106 valence electrons. The maximum absolute atomic E-state index is 10.8. The van der Waals surface area contributed by atoms with Gasteiger partial charge in [0.05, 0.1) is 18.3 Å². The largest absolute Gasteiger partial charge is 0.390 e. The molecular weight excluding hydrogens is 236 g/mol. The lowest BCUT2D eigenvalue weighted by molar-refractivity contribution is -0.273. The fourth-order valence-corrected chi connectivity index (χ4v) is 2.00. The van der Waals surface area contributed by atoms with Crippen molar-refractivity contribution in [3.63, 3.8) is 0 Å². The Morgan fingerprint density at radius 1 is 1.44 bits per heavy atom. The maximum atomic E-state index is 10.8. The van der Waals surface area contributed by atoms with Crippen molar-refractivity contribution in [2.24, 2.45) is 0 Å². The summed E-state index contributed by atoms with van der Waals surface area (Å²) in [4.78, 5) is 10.8. The molecule has 0 amide bonds. The zero-order chi connectivity index (χ0) is 13.7. The summed E-state index contributed by atoms with van der Waals surface area (Å²) in [6.07, 6.45) is -0.187. The van der Waals surface area contributed by atoms with Gasteiger partial charge in [-0.1, -0.05) is 0 Å². The molecule has 1 saturated heterocycles. The number of aliphatic hydroxyl groups is 2. The number of hydrogen-bond acceptors (Lipinski definition) is 5. The van der Waals surface area contributed by atoms with Crippen molar-refractivity contribution < 1.29 is 24.5 Å². The molecule has 0 spiro atoms. The van der Waals surface area contributed by atoms with Crippen molar-refractivity contribution in [2.45, 2.75) is 77.2 Å². The molecule has 1 heterocycles. The normalized spacial score (nSPS) is 34.3. The van der Waals surface area contributed by atoms with Crippen LogP contribution in [0.2, 0.25) is 0 Å². The Morgan fingerprint density at radius 2 is 2.11 bits per heavy atom. The zero-order valence-electron chi connectivity index (χ0n) is 11.3. The highest BCUT2D eigenvalue weighted by Gasteiger charge is 2.35. The summed E-state index contributed by atoms with van der Waals surface area (Å²) in [7, 11) is 0. The zero-order valence-corrected chi connectivity index (χ0v) is 11.3. The Balaban J connectivity index is 2.30. The van der Waals surface area contributed by atoms with Crippen LogP contribution in [0.3, 0.4) is 0 Å². The number of ketones is 1. The lowest BCUT2D eigenvalue weighted by Gasteiger charge is -2.36. The second-order valence-corrected chi connectivity index (χ2v) is 5.12. The summed E-state index contributed by atoms with van der Waals surface area (Å²) in [5.74, 6) is 0.174. The molecular formula is C13H24O5. The van der Waals surface area contributed by atoms with Gasteiger partial charge in [-0.15, -0.1) is 0 Å².